The van der Waals surface area contributed by atoms with E-state index in [0.717, 1.165) is 55.2 Å². The molecule has 3 heterocycles. The largest absolute Gasteiger partial charge is 0.294 e. The fraction of sp³-hybridized carbons (Fsp3) is 0.0882. The monoisotopic (exact) mass is 531 g/mol. The van der Waals surface area contributed by atoms with Gasteiger partial charge in [-0.2, -0.15) is 10.5 Å². The molecule has 40 heavy (non-hydrogen) atoms. The van der Waals surface area contributed by atoms with Gasteiger partial charge in [0.05, 0.1) is 53.4 Å². The van der Waals surface area contributed by atoms with E-state index in [2.05, 4.69) is 71.2 Å². The molecule has 0 N–H and O–H groups in total. The van der Waals surface area contributed by atoms with Gasteiger partial charge in [0.25, 0.3) is 0 Å². The van der Waals surface area contributed by atoms with Gasteiger partial charge >= 0.3 is 0 Å². The first kappa shape index (κ1) is 23.9. The maximum Gasteiger partial charge on any atom is 0.140 e. The lowest BCUT2D eigenvalue weighted by Gasteiger charge is -2.17. The predicted octanol–water partition coefficient (Wildman–Crippen LogP) is 7.56. The molecule has 0 amide bonds. The molecule has 7 aromatic rings. The average molecular weight is 532 g/mol. The van der Waals surface area contributed by atoms with Gasteiger partial charge in [0.2, 0.25) is 0 Å². The Kier molecular flexibility index (Phi) is 5.18. The third-order valence-electron chi connectivity index (χ3n) is 7.74. The normalized spacial score (nSPS) is 11.8. The Balaban J connectivity index is 1.52. The van der Waals surface area contributed by atoms with Crippen molar-refractivity contribution in [3.8, 4) is 23.8 Å². The van der Waals surface area contributed by atoms with E-state index < -0.39 is 8.07 Å². The zero-order valence-corrected chi connectivity index (χ0v) is 23.5. The molecule has 0 fully saturated rings. The SMILES string of the molecule is C[Si](C)(C)c1ccc2c(c1)c1cc(C#N)ccc1n2-c1cccc(-n2c3ccccc3c3cc(C#N)ccc32)n1. The average Bonchev–Trinajstić information content (AvgIpc) is 3.48. The number of aromatic nitrogens is 3. The first-order valence-corrected chi connectivity index (χ1v) is 16.8. The zero-order chi connectivity index (χ0) is 27.6. The zero-order valence-electron chi connectivity index (χ0n) is 22.5. The van der Waals surface area contributed by atoms with Crippen molar-refractivity contribution in [1.29, 1.82) is 10.5 Å². The van der Waals surface area contributed by atoms with Crippen LogP contribution in [0.1, 0.15) is 11.1 Å². The lowest BCUT2D eigenvalue weighted by atomic mass is 10.1. The standard InChI is InChI=1S/C34H25N5Si/c1-40(2,3)24-13-16-32-28(19-24)27-18-23(21-36)12-15-31(27)39(32)34-10-6-9-33(37-34)38-29-8-5-4-7-25(29)26-17-22(20-35)11-14-30(26)38/h4-19H,1-3H3. The van der Waals surface area contributed by atoms with Gasteiger partial charge in [0.15, 0.2) is 0 Å². The molecule has 3 aromatic heterocycles. The van der Waals surface area contributed by atoms with Crippen molar-refractivity contribution in [3.05, 3.63) is 108 Å². The van der Waals surface area contributed by atoms with Gasteiger partial charge in [0.1, 0.15) is 11.6 Å². The van der Waals surface area contributed by atoms with Gasteiger partial charge in [-0.3, -0.25) is 9.13 Å². The summed E-state index contributed by atoms with van der Waals surface area (Å²) >= 11 is 0. The summed E-state index contributed by atoms with van der Waals surface area (Å²) in [6, 6.07) is 37.4. The summed E-state index contributed by atoms with van der Waals surface area (Å²) in [4.78, 5) is 5.22. The van der Waals surface area contributed by atoms with Gasteiger partial charge in [-0.15, -0.1) is 0 Å². The molecule has 0 atom stereocenters. The third kappa shape index (κ3) is 3.55. The topological polar surface area (TPSA) is 70.3 Å². The van der Waals surface area contributed by atoms with Crippen molar-refractivity contribution in [2.24, 2.45) is 0 Å². The first-order valence-electron chi connectivity index (χ1n) is 13.3. The molecule has 0 radical (unpaired) electrons. The summed E-state index contributed by atoms with van der Waals surface area (Å²) < 4.78 is 4.37. The summed E-state index contributed by atoms with van der Waals surface area (Å²) in [5.41, 5.74) is 5.42. The van der Waals surface area contributed by atoms with E-state index in [4.69, 9.17) is 4.98 Å². The number of para-hydroxylation sites is 1. The highest BCUT2D eigenvalue weighted by Crippen LogP contribution is 2.35. The Hall–Kier alpha value is -5.17. The summed E-state index contributed by atoms with van der Waals surface area (Å²) in [5, 5.41) is 24.8. The van der Waals surface area contributed by atoms with Crippen LogP contribution in [0.15, 0.2) is 97.1 Å². The minimum Gasteiger partial charge on any atom is -0.294 e. The lowest BCUT2D eigenvalue weighted by molar-refractivity contribution is 1.01. The minimum atomic E-state index is -1.55. The van der Waals surface area contributed by atoms with E-state index in [9.17, 15) is 10.5 Å². The summed E-state index contributed by atoms with van der Waals surface area (Å²) in [5.74, 6) is 1.61. The second kappa shape index (κ2) is 8.67. The van der Waals surface area contributed by atoms with Crippen LogP contribution in [0.25, 0.3) is 55.2 Å². The van der Waals surface area contributed by atoms with E-state index in [-0.39, 0.29) is 0 Å². The Morgan fingerprint density at radius 3 is 1.62 bits per heavy atom. The summed E-state index contributed by atoms with van der Waals surface area (Å²) in [6.07, 6.45) is 0. The molecular weight excluding hydrogens is 506 g/mol. The van der Waals surface area contributed by atoms with E-state index >= 15 is 0 Å². The van der Waals surface area contributed by atoms with Crippen LogP contribution in [0.5, 0.6) is 0 Å². The highest BCUT2D eigenvalue weighted by molar-refractivity contribution is 6.88. The number of hydrogen-bond acceptors (Lipinski definition) is 3. The van der Waals surface area contributed by atoms with Crippen molar-refractivity contribution < 1.29 is 0 Å². The molecule has 0 aliphatic rings. The minimum absolute atomic E-state index is 0.636. The van der Waals surface area contributed by atoms with Gasteiger partial charge in [-0.05, 0) is 60.7 Å². The Labute approximate surface area is 232 Å². The molecule has 0 aliphatic carbocycles. The Morgan fingerprint density at radius 1 is 0.550 bits per heavy atom. The Morgan fingerprint density at radius 2 is 1.05 bits per heavy atom. The van der Waals surface area contributed by atoms with Crippen LogP contribution in [0.4, 0.5) is 0 Å². The van der Waals surface area contributed by atoms with E-state index in [1.54, 1.807) is 0 Å². The number of nitrogens with zero attached hydrogens (tertiary/aromatic N) is 5. The Bertz CT molecular complexity index is 2230. The molecule has 0 spiro atoms. The van der Waals surface area contributed by atoms with E-state index in [1.165, 1.54) is 5.19 Å². The van der Waals surface area contributed by atoms with Gasteiger partial charge in [-0.25, -0.2) is 4.98 Å². The van der Waals surface area contributed by atoms with Gasteiger partial charge in [0, 0.05) is 21.5 Å². The van der Waals surface area contributed by atoms with Crippen LogP contribution in [-0.2, 0) is 0 Å². The van der Waals surface area contributed by atoms with Crippen LogP contribution in [0.2, 0.25) is 19.6 Å². The summed E-state index contributed by atoms with van der Waals surface area (Å²) in [6.45, 7) is 7.05. The molecular formula is C34H25N5Si. The fourth-order valence-corrected chi connectivity index (χ4v) is 6.92. The van der Waals surface area contributed by atoms with E-state index in [0.29, 0.717) is 11.1 Å². The summed E-state index contributed by atoms with van der Waals surface area (Å²) in [7, 11) is -1.55. The highest BCUT2D eigenvalue weighted by Gasteiger charge is 2.21. The molecule has 0 saturated carbocycles. The number of hydrogen-bond donors (Lipinski definition) is 0. The van der Waals surface area contributed by atoms with Crippen LogP contribution >= 0.6 is 0 Å². The number of pyridine rings is 1. The van der Waals surface area contributed by atoms with Crippen LogP contribution in [0, 0.1) is 22.7 Å². The third-order valence-corrected chi connectivity index (χ3v) is 9.78. The van der Waals surface area contributed by atoms with Crippen molar-refractivity contribution in [1.82, 2.24) is 14.1 Å². The van der Waals surface area contributed by atoms with Crippen molar-refractivity contribution in [2.75, 3.05) is 0 Å². The van der Waals surface area contributed by atoms with Gasteiger partial charge in [-0.1, -0.05) is 61.2 Å². The van der Waals surface area contributed by atoms with Gasteiger partial charge < -0.3 is 0 Å². The highest BCUT2D eigenvalue weighted by atomic mass is 28.3. The molecule has 190 valence electrons. The molecule has 6 heteroatoms. The molecule has 4 aromatic carbocycles. The lowest BCUT2D eigenvalue weighted by Crippen LogP contribution is -2.37. The maximum absolute atomic E-state index is 9.64. The molecule has 0 saturated heterocycles. The maximum atomic E-state index is 9.64. The number of fused-ring (bicyclic) bond motifs is 6. The molecule has 0 unspecified atom stereocenters. The number of rotatable bonds is 3. The van der Waals surface area contributed by atoms with Crippen molar-refractivity contribution >= 4 is 56.9 Å². The second-order valence-corrected chi connectivity index (χ2v) is 16.3. The molecule has 7 rings (SSSR count). The quantitative estimate of drug-likeness (QED) is 0.221. The van der Waals surface area contributed by atoms with Crippen molar-refractivity contribution in [2.45, 2.75) is 19.6 Å². The van der Waals surface area contributed by atoms with Crippen LogP contribution < -0.4 is 5.19 Å². The first-order chi connectivity index (χ1) is 19.4. The smallest absolute Gasteiger partial charge is 0.140 e. The number of nitriles is 2. The number of benzene rings is 4. The fourth-order valence-electron chi connectivity index (χ4n) is 5.76. The van der Waals surface area contributed by atoms with Crippen LogP contribution in [0.3, 0.4) is 0 Å². The van der Waals surface area contributed by atoms with E-state index in [1.807, 2.05) is 66.7 Å². The molecule has 0 bridgehead atoms. The molecule has 5 nitrogen and oxygen atoms in total. The second-order valence-electron chi connectivity index (χ2n) is 11.2. The molecule has 0 aliphatic heterocycles. The predicted molar refractivity (Wildman–Crippen MR) is 165 cm³/mol. The van der Waals surface area contributed by atoms with Crippen molar-refractivity contribution in [3.63, 3.8) is 0 Å². The van der Waals surface area contributed by atoms with Crippen LogP contribution in [-0.4, -0.2) is 22.2 Å².